The van der Waals surface area contributed by atoms with Gasteiger partial charge in [-0.05, 0) is 43.4 Å². The number of halogens is 1. The monoisotopic (exact) mass is 437 g/mol. The van der Waals surface area contributed by atoms with Gasteiger partial charge in [0.25, 0.3) is 0 Å². The molecule has 2 aromatic carbocycles. The number of amides is 1. The zero-order chi connectivity index (χ0) is 20.9. The molecular formula is C20H24ClN3O4S. The van der Waals surface area contributed by atoms with Crippen LogP contribution in [0.25, 0.3) is 0 Å². The molecule has 0 bridgehead atoms. The minimum atomic E-state index is -3.52. The Morgan fingerprint density at radius 3 is 2.38 bits per heavy atom. The van der Waals surface area contributed by atoms with Gasteiger partial charge in [-0.1, -0.05) is 23.7 Å². The number of carbonyl (C=O) groups is 1. The van der Waals surface area contributed by atoms with Gasteiger partial charge in [0.05, 0.1) is 22.9 Å². The summed E-state index contributed by atoms with van der Waals surface area (Å²) in [7, 11) is -1.54. The summed E-state index contributed by atoms with van der Waals surface area (Å²) < 4.78 is 32.4. The average molecular weight is 438 g/mol. The van der Waals surface area contributed by atoms with Crippen LogP contribution in [0.15, 0.2) is 53.4 Å². The van der Waals surface area contributed by atoms with Crippen molar-refractivity contribution in [3.63, 3.8) is 0 Å². The maximum Gasteiger partial charge on any atom is 0.243 e. The third-order valence-electron chi connectivity index (χ3n) is 4.66. The van der Waals surface area contributed by atoms with Crippen molar-refractivity contribution in [3.05, 3.63) is 53.6 Å². The number of para-hydroxylation sites is 1. The largest absolute Gasteiger partial charge is 0.491 e. The highest BCUT2D eigenvalue weighted by Crippen LogP contribution is 2.23. The molecule has 0 spiro atoms. The number of hydrogen-bond donors (Lipinski definition) is 1. The molecular weight excluding hydrogens is 414 g/mol. The van der Waals surface area contributed by atoms with Gasteiger partial charge in [0, 0.05) is 31.9 Å². The summed E-state index contributed by atoms with van der Waals surface area (Å²) in [6.07, 6.45) is 0.145. The predicted octanol–water partition coefficient (Wildman–Crippen LogP) is 2.68. The molecule has 1 amide bonds. The van der Waals surface area contributed by atoms with Crippen LogP contribution in [-0.2, 0) is 14.8 Å². The molecule has 9 heteroatoms. The molecule has 1 heterocycles. The number of hydrogen-bond acceptors (Lipinski definition) is 5. The Balaban J connectivity index is 1.52. The van der Waals surface area contributed by atoms with Crippen LogP contribution in [0.3, 0.4) is 0 Å². The lowest BCUT2D eigenvalue weighted by Crippen LogP contribution is -2.46. The van der Waals surface area contributed by atoms with Gasteiger partial charge in [-0.2, -0.15) is 4.31 Å². The number of likely N-dealkylation sites (N-methyl/N-ethyl adjacent to an activating group) is 1. The van der Waals surface area contributed by atoms with Crippen molar-refractivity contribution in [3.8, 4) is 5.75 Å². The van der Waals surface area contributed by atoms with Crippen molar-refractivity contribution in [2.24, 2.45) is 0 Å². The topological polar surface area (TPSA) is 79.0 Å². The number of rotatable bonds is 7. The second kappa shape index (κ2) is 9.58. The molecule has 3 rings (SSSR count). The first-order chi connectivity index (χ1) is 13.9. The van der Waals surface area contributed by atoms with E-state index in [-0.39, 0.29) is 23.8 Å². The Bertz CT molecular complexity index is 942. The number of nitrogens with zero attached hydrogens (tertiary/aromatic N) is 2. The summed E-state index contributed by atoms with van der Waals surface area (Å²) in [5, 5.41) is 3.23. The fourth-order valence-corrected chi connectivity index (χ4v) is 4.54. The third-order valence-corrected chi connectivity index (χ3v) is 6.89. The van der Waals surface area contributed by atoms with Gasteiger partial charge in [0.1, 0.15) is 5.75 Å². The molecule has 2 aromatic rings. The first kappa shape index (κ1) is 21.6. The molecule has 1 N–H and O–H groups in total. The van der Waals surface area contributed by atoms with E-state index in [0.717, 1.165) is 0 Å². The molecule has 0 atom stereocenters. The highest BCUT2D eigenvalue weighted by Gasteiger charge is 2.27. The maximum absolute atomic E-state index is 12.7. The smallest absolute Gasteiger partial charge is 0.243 e. The van der Waals surface area contributed by atoms with Gasteiger partial charge in [-0.15, -0.1) is 0 Å². The molecule has 0 radical (unpaired) electrons. The van der Waals surface area contributed by atoms with Crippen molar-refractivity contribution in [1.29, 1.82) is 0 Å². The molecule has 0 aliphatic carbocycles. The summed E-state index contributed by atoms with van der Waals surface area (Å²) in [6, 6.07) is 13.3. The fourth-order valence-electron chi connectivity index (χ4n) is 2.93. The Morgan fingerprint density at radius 2 is 1.72 bits per heavy atom. The van der Waals surface area contributed by atoms with Crippen LogP contribution in [0.1, 0.15) is 6.42 Å². The highest BCUT2D eigenvalue weighted by atomic mass is 35.5. The van der Waals surface area contributed by atoms with Crippen LogP contribution in [0.5, 0.6) is 5.75 Å². The van der Waals surface area contributed by atoms with E-state index in [9.17, 15) is 13.2 Å². The van der Waals surface area contributed by atoms with Gasteiger partial charge in [0.15, 0.2) is 0 Å². The lowest BCUT2D eigenvalue weighted by molar-refractivity contribution is -0.116. The summed E-state index contributed by atoms with van der Waals surface area (Å²) in [5.41, 5.74) is 0.532. The average Bonchev–Trinajstić information content (AvgIpc) is 2.70. The van der Waals surface area contributed by atoms with Crippen molar-refractivity contribution in [1.82, 2.24) is 9.21 Å². The van der Waals surface area contributed by atoms with Crippen LogP contribution in [0.4, 0.5) is 5.69 Å². The predicted molar refractivity (Wildman–Crippen MR) is 113 cm³/mol. The molecule has 1 aliphatic rings. The van der Waals surface area contributed by atoms with E-state index in [1.54, 1.807) is 36.4 Å². The van der Waals surface area contributed by atoms with E-state index < -0.39 is 10.0 Å². The van der Waals surface area contributed by atoms with Crippen molar-refractivity contribution < 1.29 is 17.9 Å². The Morgan fingerprint density at radius 1 is 1.07 bits per heavy atom. The van der Waals surface area contributed by atoms with E-state index in [2.05, 4.69) is 10.2 Å². The highest BCUT2D eigenvalue weighted by molar-refractivity contribution is 7.89. The van der Waals surface area contributed by atoms with Crippen LogP contribution < -0.4 is 10.1 Å². The second-order valence-electron chi connectivity index (χ2n) is 6.81. The van der Waals surface area contributed by atoms with E-state index in [1.807, 2.05) is 7.05 Å². The summed E-state index contributed by atoms with van der Waals surface area (Å²) in [6.45, 7) is 2.56. The summed E-state index contributed by atoms with van der Waals surface area (Å²) in [4.78, 5) is 14.4. The summed E-state index contributed by atoms with van der Waals surface area (Å²) >= 11 is 6.00. The van der Waals surface area contributed by atoms with Crippen molar-refractivity contribution >= 4 is 33.2 Å². The minimum absolute atomic E-state index is 0.145. The SMILES string of the molecule is CN1CCN(S(=O)(=O)c2ccc(NC(=O)CCOc3ccccc3Cl)cc2)CC1. The first-order valence-electron chi connectivity index (χ1n) is 9.32. The van der Waals surface area contributed by atoms with Crippen LogP contribution in [0.2, 0.25) is 5.02 Å². The van der Waals surface area contributed by atoms with Gasteiger partial charge in [-0.25, -0.2) is 8.42 Å². The lowest BCUT2D eigenvalue weighted by Gasteiger charge is -2.31. The normalized spacial score (nSPS) is 15.8. The Hall–Kier alpha value is -2.13. The number of nitrogens with one attached hydrogen (secondary N) is 1. The zero-order valence-electron chi connectivity index (χ0n) is 16.2. The molecule has 1 saturated heterocycles. The number of benzene rings is 2. The molecule has 29 heavy (non-hydrogen) atoms. The standard InChI is InChI=1S/C20H24ClN3O4S/c1-23-11-13-24(14-12-23)29(26,27)17-8-6-16(7-9-17)22-20(25)10-15-28-19-5-3-2-4-18(19)21/h2-9H,10-15H2,1H3,(H,22,25). The van der Waals surface area contributed by atoms with Gasteiger partial charge in [-0.3, -0.25) is 4.79 Å². The molecule has 0 unspecified atom stereocenters. The lowest BCUT2D eigenvalue weighted by atomic mass is 10.3. The van der Waals surface area contributed by atoms with Crippen LogP contribution >= 0.6 is 11.6 Å². The quantitative estimate of drug-likeness (QED) is 0.720. The molecule has 1 fully saturated rings. The van der Waals surface area contributed by atoms with Gasteiger partial charge in [0.2, 0.25) is 15.9 Å². The Labute approximate surface area is 176 Å². The third kappa shape index (κ3) is 5.70. The first-order valence-corrected chi connectivity index (χ1v) is 11.1. The summed E-state index contributed by atoms with van der Waals surface area (Å²) in [5.74, 6) is 0.298. The molecule has 0 saturated carbocycles. The van der Waals surface area contributed by atoms with E-state index in [0.29, 0.717) is 42.6 Å². The van der Waals surface area contributed by atoms with Gasteiger partial charge < -0.3 is 15.0 Å². The number of sulfonamides is 1. The fraction of sp³-hybridized carbons (Fsp3) is 0.350. The van der Waals surface area contributed by atoms with E-state index >= 15 is 0 Å². The second-order valence-corrected chi connectivity index (χ2v) is 9.15. The molecule has 7 nitrogen and oxygen atoms in total. The minimum Gasteiger partial charge on any atom is -0.491 e. The molecule has 156 valence electrons. The van der Waals surface area contributed by atoms with Gasteiger partial charge >= 0.3 is 0 Å². The molecule has 0 aromatic heterocycles. The number of carbonyl (C=O) groups excluding carboxylic acids is 1. The van der Waals surface area contributed by atoms with Crippen LogP contribution in [-0.4, -0.2) is 63.4 Å². The zero-order valence-corrected chi connectivity index (χ0v) is 17.7. The van der Waals surface area contributed by atoms with E-state index in [1.165, 1.54) is 16.4 Å². The number of piperazine rings is 1. The molecule has 1 aliphatic heterocycles. The Kier molecular flexibility index (Phi) is 7.13. The van der Waals surface area contributed by atoms with E-state index in [4.69, 9.17) is 16.3 Å². The van der Waals surface area contributed by atoms with Crippen LogP contribution in [0, 0.1) is 0 Å². The maximum atomic E-state index is 12.7. The van der Waals surface area contributed by atoms with Crippen molar-refractivity contribution in [2.75, 3.05) is 45.2 Å². The number of ether oxygens (including phenoxy) is 1. The number of anilines is 1. The van der Waals surface area contributed by atoms with Crippen molar-refractivity contribution in [2.45, 2.75) is 11.3 Å².